The maximum Gasteiger partial charge on any atom is 0.338 e. The molecule has 0 N–H and O–H groups in total. The molecule has 0 aliphatic heterocycles. The summed E-state index contributed by atoms with van der Waals surface area (Å²) in [4.78, 5) is 34.0. The number of aryl methyl sites for hydroxylation is 1. The number of Topliss-reactive ketones (excluding diaryl/α,β-unsaturated/α-hetero) is 1. The Kier molecular flexibility index (Phi) is 5.23. The van der Waals surface area contributed by atoms with Crippen LogP contribution in [0.1, 0.15) is 26.3 Å². The monoisotopic (exact) mass is 377 g/mol. The molecule has 2 rings (SSSR count). The number of hydrogen-bond acceptors (Lipinski definition) is 5. The minimum Gasteiger partial charge on any atom is -0.454 e. The topological polar surface area (TPSA) is 86.5 Å². The number of ether oxygens (including phenoxy) is 1. The molecular formula is C16H12BrNO5. The number of nitro groups is 1. The van der Waals surface area contributed by atoms with Crippen LogP contribution in [0.5, 0.6) is 0 Å². The summed E-state index contributed by atoms with van der Waals surface area (Å²) in [6.07, 6.45) is 0. The van der Waals surface area contributed by atoms with Crippen LogP contribution in [-0.2, 0) is 4.74 Å². The minimum absolute atomic E-state index is 0.122. The third kappa shape index (κ3) is 4.23. The number of ketones is 1. The number of halogens is 1. The van der Waals surface area contributed by atoms with Crippen LogP contribution >= 0.6 is 15.9 Å². The van der Waals surface area contributed by atoms with E-state index in [4.69, 9.17) is 4.74 Å². The molecule has 0 aromatic heterocycles. The Balaban J connectivity index is 2.03. The van der Waals surface area contributed by atoms with Gasteiger partial charge in [-0.3, -0.25) is 14.9 Å². The zero-order chi connectivity index (χ0) is 17.0. The van der Waals surface area contributed by atoms with Gasteiger partial charge in [-0.05, 0) is 24.6 Å². The summed E-state index contributed by atoms with van der Waals surface area (Å²) in [7, 11) is 0. The number of non-ortho nitro benzene ring substituents is 1. The van der Waals surface area contributed by atoms with E-state index in [2.05, 4.69) is 15.9 Å². The molecule has 0 saturated carbocycles. The number of esters is 1. The zero-order valence-electron chi connectivity index (χ0n) is 12.1. The molecule has 0 fully saturated rings. The second-order valence-electron chi connectivity index (χ2n) is 4.77. The van der Waals surface area contributed by atoms with Gasteiger partial charge in [0, 0.05) is 22.2 Å². The molecular weight excluding hydrogens is 366 g/mol. The average Bonchev–Trinajstić information content (AvgIpc) is 2.54. The summed E-state index contributed by atoms with van der Waals surface area (Å²) in [6.45, 7) is 1.40. The Hall–Kier alpha value is -2.54. The molecule has 0 aliphatic rings. The summed E-state index contributed by atoms with van der Waals surface area (Å²) < 4.78 is 5.72. The van der Waals surface area contributed by atoms with Crippen LogP contribution in [0.15, 0.2) is 46.9 Å². The number of carbonyl (C=O) groups excluding carboxylic acids is 2. The first kappa shape index (κ1) is 16.8. The number of nitro benzene ring substituents is 1. The first-order valence-electron chi connectivity index (χ1n) is 6.59. The third-order valence-corrected chi connectivity index (χ3v) is 3.98. The smallest absolute Gasteiger partial charge is 0.338 e. The van der Waals surface area contributed by atoms with Crippen molar-refractivity contribution in [1.29, 1.82) is 0 Å². The summed E-state index contributed by atoms with van der Waals surface area (Å²) in [5.74, 6) is -1.14. The van der Waals surface area contributed by atoms with Gasteiger partial charge in [-0.1, -0.05) is 34.1 Å². The molecule has 0 spiro atoms. The van der Waals surface area contributed by atoms with E-state index in [9.17, 15) is 19.7 Å². The highest BCUT2D eigenvalue weighted by Crippen LogP contribution is 2.18. The number of carbonyl (C=O) groups is 2. The van der Waals surface area contributed by atoms with E-state index < -0.39 is 23.3 Å². The van der Waals surface area contributed by atoms with E-state index in [0.29, 0.717) is 5.56 Å². The number of rotatable bonds is 5. The normalized spacial score (nSPS) is 10.2. The minimum atomic E-state index is -0.635. The maximum atomic E-state index is 12.0. The van der Waals surface area contributed by atoms with Crippen molar-refractivity contribution in [2.75, 3.05) is 6.61 Å². The number of hydrogen-bond donors (Lipinski definition) is 0. The van der Waals surface area contributed by atoms with Crippen molar-refractivity contribution in [3.63, 3.8) is 0 Å². The van der Waals surface area contributed by atoms with Crippen molar-refractivity contribution in [2.45, 2.75) is 6.92 Å². The van der Waals surface area contributed by atoms with Gasteiger partial charge in [-0.15, -0.1) is 0 Å². The van der Waals surface area contributed by atoms with Gasteiger partial charge in [-0.25, -0.2) is 4.79 Å². The van der Waals surface area contributed by atoms with E-state index in [-0.39, 0.29) is 11.3 Å². The van der Waals surface area contributed by atoms with Crippen molar-refractivity contribution in [3.05, 3.63) is 73.7 Å². The van der Waals surface area contributed by atoms with E-state index in [1.807, 2.05) is 6.92 Å². The highest BCUT2D eigenvalue weighted by atomic mass is 79.9. The van der Waals surface area contributed by atoms with E-state index in [1.54, 1.807) is 18.2 Å². The fourth-order valence-corrected chi connectivity index (χ4v) is 2.19. The molecule has 118 valence electrons. The van der Waals surface area contributed by atoms with Gasteiger partial charge < -0.3 is 4.74 Å². The molecule has 7 heteroatoms. The van der Waals surface area contributed by atoms with Crippen LogP contribution in [-0.4, -0.2) is 23.3 Å². The molecule has 0 atom stereocenters. The molecule has 0 saturated heterocycles. The maximum absolute atomic E-state index is 12.0. The molecule has 2 aromatic carbocycles. The lowest BCUT2D eigenvalue weighted by Crippen LogP contribution is -2.14. The first-order valence-corrected chi connectivity index (χ1v) is 7.38. The quantitative estimate of drug-likeness (QED) is 0.343. The SMILES string of the molecule is Cc1ccc(C(=O)OCC(=O)c2cccc([N+](=O)[O-])c2)cc1Br. The van der Waals surface area contributed by atoms with Crippen molar-refractivity contribution in [1.82, 2.24) is 0 Å². The summed E-state index contributed by atoms with van der Waals surface area (Å²) in [5, 5.41) is 10.7. The van der Waals surface area contributed by atoms with Crippen LogP contribution < -0.4 is 0 Å². The Labute approximate surface area is 140 Å². The fourth-order valence-electron chi connectivity index (χ4n) is 1.81. The van der Waals surface area contributed by atoms with E-state index >= 15 is 0 Å². The molecule has 0 heterocycles. The Bertz CT molecular complexity index is 788. The van der Waals surface area contributed by atoms with Gasteiger partial charge in [0.15, 0.2) is 6.61 Å². The van der Waals surface area contributed by atoms with Crippen LogP contribution in [0.25, 0.3) is 0 Å². The lowest BCUT2D eigenvalue weighted by Gasteiger charge is -2.06. The van der Waals surface area contributed by atoms with Gasteiger partial charge in [0.1, 0.15) is 0 Å². The molecule has 0 bridgehead atoms. The molecule has 23 heavy (non-hydrogen) atoms. The van der Waals surface area contributed by atoms with Crippen molar-refractivity contribution < 1.29 is 19.2 Å². The molecule has 0 aliphatic carbocycles. The van der Waals surface area contributed by atoms with Gasteiger partial charge in [0.2, 0.25) is 5.78 Å². The number of nitrogens with zero attached hydrogens (tertiary/aromatic N) is 1. The van der Waals surface area contributed by atoms with E-state index in [1.165, 1.54) is 18.2 Å². The second kappa shape index (κ2) is 7.15. The van der Waals surface area contributed by atoms with Gasteiger partial charge in [0.25, 0.3) is 5.69 Å². The highest BCUT2D eigenvalue weighted by molar-refractivity contribution is 9.10. The molecule has 0 unspecified atom stereocenters. The molecule has 0 amide bonds. The molecule has 6 nitrogen and oxygen atoms in total. The van der Waals surface area contributed by atoms with Gasteiger partial charge in [0.05, 0.1) is 10.5 Å². The Morgan fingerprint density at radius 1 is 1.17 bits per heavy atom. The molecule has 2 aromatic rings. The van der Waals surface area contributed by atoms with E-state index in [0.717, 1.165) is 16.1 Å². The van der Waals surface area contributed by atoms with Gasteiger partial charge >= 0.3 is 5.97 Å². The predicted octanol–water partition coefficient (Wildman–Crippen LogP) is 3.71. The van der Waals surface area contributed by atoms with Crippen LogP contribution in [0, 0.1) is 17.0 Å². The first-order chi connectivity index (χ1) is 10.9. The fraction of sp³-hybridized carbons (Fsp3) is 0.125. The van der Waals surface area contributed by atoms with Crippen LogP contribution in [0.4, 0.5) is 5.69 Å². The number of benzene rings is 2. The van der Waals surface area contributed by atoms with Gasteiger partial charge in [-0.2, -0.15) is 0 Å². The summed E-state index contributed by atoms with van der Waals surface area (Å²) in [5.41, 5.74) is 1.21. The summed E-state index contributed by atoms with van der Waals surface area (Å²) in [6, 6.07) is 10.2. The predicted molar refractivity (Wildman–Crippen MR) is 86.6 cm³/mol. The molecule has 0 radical (unpaired) electrons. The lowest BCUT2D eigenvalue weighted by molar-refractivity contribution is -0.384. The average molecular weight is 378 g/mol. The highest BCUT2D eigenvalue weighted by Gasteiger charge is 2.15. The third-order valence-electron chi connectivity index (χ3n) is 3.12. The Morgan fingerprint density at radius 2 is 1.91 bits per heavy atom. The van der Waals surface area contributed by atoms with Crippen molar-refractivity contribution in [2.24, 2.45) is 0 Å². The largest absolute Gasteiger partial charge is 0.454 e. The zero-order valence-corrected chi connectivity index (χ0v) is 13.7. The van der Waals surface area contributed by atoms with Crippen LogP contribution in [0.3, 0.4) is 0 Å². The van der Waals surface area contributed by atoms with Crippen molar-refractivity contribution in [3.8, 4) is 0 Å². The summed E-state index contributed by atoms with van der Waals surface area (Å²) >= 11 is 3.31. The Morgan fingerprint density at radius 3 is 2.57 bits per heavy atom. The van der Waals surface area contributed by atoms with Crippen molar-refractivity contribution >= 4 is 33.4 Å². The lowest BCUT2D eigenvalue weighted by atomic mass is 10.1. The second-order valence-corrected chi connectivity index (χ2v) is 5.63. The van der Waals surface area contributed by atoms with Crippen LogP contribution in [0.2, 0.25) is 0 Å². The standard InChI is InChI=1S/C16H12BrNO5/c1-10-5-6-12(8-14(10)17)16(20)23-9-15(19)11-3-2-4-13(7-11)18(21)22/h2-8H,9H2,1H3.